The van der Waals surface area contributed by atoms with Crippen LogP contribution >= 0.6 is 0 Å². The van der Waals surface area contributed by atoms with E-state index in [-0.39, 0.29) is 11.9 Å². The second-order valence-electron chi connectivity index (χ2n) is 5.28. The first-order valence-electron chi connectivity index (χ1n) is 6.86. The van der Waals surface area contributed by atoms with Crippen molar-refractivity contribution in [1.82, 2.24) is 15.5 Å². The normalized spacial score (nSPS) is 22.9. The molecular formula is C14H17N3O3. The molecule has 3 rings (SSSR count). The maximum absolute atomic E-state index is 12.2. The highest BCUT2D eigenvalue weighted by Gasteiger charge is 2.25. The average Bonchev–Trinajstić information content (AvgIpc) is 2.82. The SMILES string of the molecule is Cc1noc2ncc(C(=O)NC3CCCCC3O)cc12. The molecule has 0 saturated heterocycles. The van der Waals surface area contributed by atoms with E-state index in [1.54, 1.807) is 13.0 Å². The molecule has 2 aromatic rings. The van der Waals surface area contributed by atoms with E-state index in [4.69, 9.17) is 4.52 Å². The number of hydrogen-bond donors (Lipinski definition) is 2. The molecule has 0 bridgehead atoms. The monoisotopic (exact) mass is 275 g/mol. The molecule has 0 radical (unpaired) electrons. The summed E-state index contributed by atoms with van der Waals surface area (Å²) < 4.78 is 5.02. The Labute approximate surface area is 116 Å². The lowest BCUT2D eigenvalue weighted by Gasteiger charge is -2.28. The molecule has 2 heterocycles. The van der Waals surface area contributed by atoms with Gasteiger partial charge in [-0.2, -0.15) is 0 Å². The third kappa shape index (κ3) is 2.38. The minimum absolute atomic E-state index is 0.171. The summed E-state index contributed by atoms with van der Waals surface area (Å²) >= 11 is 0. The zero-order valence-corrected chi connectivity index (χ0v) is 11.3. The lowest BCUT2D eigenvalue weighted by Crippen LogP contribution is -2.45. The Morgan fingerprint density at radius 3 is 3.05 bits per heavy atom. The van der Waals surface area contributed by atoms with Crippen LogP contribution in [0.5, 0.6) is 0 Å². The van der Waals surface area contributed by atoms with E-state index in [9.17, 15) is 9.90 Å². The summed E-state index contributed by atoms with van der Waals surface area (Å²) in [5.41, 5.74) is 1.60. The van der Waals surface area contributed by atoms with E-state index >= 15 is 0 Å². The van der Waals surface area contributed by atoms with E-state index < -0.39 is 6.10 Å². The van der Waals surface area contributed by atoms with Gasteiger partial charge in [0.1, 0.15) is 0 Å². The molecule has 0 aromatic carbocycles. The standard InChI is InChI=1S/C14H17N3O3/c1-8-10-6-9(7-15-14(10)20-17-8)13(19)16-11-4-2-3-5-12(11)18/h6-7,11-12,18H,2-5H2,1H3,(H,16,19). The summed E-state index contributed by atoms with van der Waals surface area (Å²) in [7, 11) is 0. The molecule has 1 aliphatic rings. The third-order valence-corrected chi connectivity index (χ3v) is 3.82. The van der Waals surface area contributed by atoms with Gasteiger partial charge in [0, 0.05) is 6.20 Å². The molecule has 2 atom stereocenters. The number of rotatable bonds is 2. The second-order valence-corrected chi connectivity index (χ2v) is 5.28. The summed E-state index contributed by atoms with van der Waals surface area (Å²) in [5.74, 6) is -0.217. The Bertz CT molecular complexity index is 638. The zero-order valence-electron chi connectivity index (χ0n) is 11.3. The van der Waals surface area contributed by atoms with Crippen LogP contribution in [0.4, 0.5) is 0 Å². The van der Waals surface area contributed by atoms with E-state index in [0.29, 0.717) is 17.0 Å². The first-order valence-corrected chi connectivity index (χ1v) is 6.86. The van der Waals surface area contributed by atoms with Crippen molar-refractivity contribution < 1.29 is 14.4 Å². The van der Waals surface area contributed by atoms with Gasteiger partial charge in [-0.25, -0.2) is 4.98 Å². The molecule has 106 valence electrons. The number of aliphatic hydroxyl groups excluding tert-OH is 1. The minimum Gasteiger partial charge on any atom is -0.391 e. The molecule has 1 amide bonds. The van der Waals surface area contributed by atoms with Gasteiger partial charge in [0.05, 0.1) is 28.8 Å². The Balaban J connectivity index is 1.79. The zero-order chi connectivity index (χ0) is 14.1. The number of fused-ring (bicyclic) bond motifs is 1. The Kier molecular flexibility index (Phi) is 3.40. The molecule has 6 heteroatoms. The summed E-state index contributed by atoms with van der Waals surface area (Å²) in [6, 6.07) is 1.55. The highest BCUT2D eigenvalue weighted by atomic mass is 16.5. The average molecular weight is 275 g/mol. The number of nitrogens with one attached hydrogen (secondary N) is 1. The largest absolute Gasteiger partial charge is 0.391 e. The van der Waals surface area contributed by atoms with E-state index in [1.165, 1.54) is 6.20 Å². The van der Waals surface area contributed by atoms with Crippen molar-refractivity contribution in [2.75, 3.05) is 0 Å². The Hall–Kier alpha value is -1.95. The van der Waals surface area contributed by atoms with E-state index in [0.717, 1.165) is 31.1 Å². The van der Waals surface area contributed by atoms with Gasteiger partial charge in [-0.15, -0.1) is 0 Å². The fraction of sp³-hybridized carbons (Fsp3) is 0.500. The number of aromatic nitrogens is 2. The lowest BCUT2D eigenvalue weighted by atomic mass is 9.92. The predicted molar refractivity (Wildman–Crippen MR) is 72.3 cm³/mol. The summed E-state index contributed by atoms with van der Waals surface area (Å²) in [6.45, 7) is 1.81. The summed E-state index contributed by atoms with van der Waals surface area (Å²) in [6.07, 6.45) is 4.62. The van der Waals surface area contributed by atoms with Gasteiger partial charge in [-0.1, -0.05) is 18.0 Å². The number of carbonyl (C=O) groups is 1. The van der Waals surface area contributed by atoms with Crippen LogP contribution in [0.1, 0.15) is 41.7 Å². The van der Waals surface area contributed by atoms with Gasteiger partial charge in [0.2, 0.25) is 0 Å². The smallest absolute Gasteiger partial charge is 0.257 e. The van der Waals surface area contributed by atoms with Crippen LogP contribution in [-0.4, -0.2) is 33.3 Å². The highest BCUT2D eigenvalue weighted by molar-refractivity contribution is 5.97. The molecule has 2 N–H and O–H groups in total. The maximum atomic E-state index is 12.2. The molecule has 0 spiro atoms. The molecule has 2 aromatic heterocycles. The van der Waals surface area contributed by atoms with Crippen molar-refractivity contribution >= 4 is 17.0 Å². The molecule has 0 aliphatic heterocycles. The van der Waals surface area contributed by atoms with Gasteiger partial charge < -0.3 is 14.9 Å². The van der Waals surface area contributed by atoms with Crippen LogP contribution in [0.3, 0.4) is 0 Å². The number of carbonyl (C=O) groups excluding carboxylic acids is 1. The van der Waals surface area contributed by atoms with Gasteiger partial charge in [-0.3, -0.25) is 4.79 Å². The maximum Gasteiger partial charge on any atom is 0.257 e. The quantitative estimate of drug-likeness (QED) is 0.868. The van der Waals surface area contributed by atoms with Crippen LogP contribution in [0.25, 0.3) is 11.1 Å². The second kappa shape index (κ2) is 5.20. The minimum atomic E-state index is -0.457. The van der Waals surface area contributed by atoms with Crippen LogP contribution < -0.4 is 5.32 Å². The van der Waals surface area contributed by atoms with E-state index in [2.05, 4.69) is 15.5 Å². The number of pyridine rings is 1. The molecule has 20 heavy (non-hydrogen) atoms. The van der Waals surface area contributed by atoms with Crippen molar-refractivity contribution in [2.24, 2.45) is 0 Å². The predicted octanol–water partition coefficient (Wildman–Crippen LogP) is 1.56. The van der Waals surface area contributed by atoms with Crippen molar-refractivity contribution in [3.05, 3.63) is 23.5 Å². The summed E-state index contributed by atoms with van der Waals surface area (Å²) in [5, 5.41) is 17.3. The number of amides is 1. The number of hydrogen-bond acceptors (Lipinski definition) is 5. The van der Waals surface area contributed by atoms with Gasteiger partial charge in [-0.05, 0) is 25.8 Å². The van der Waals surface area contributed by atoms with Gasteiger partial charge in [0.25, 0.3) is 11.6 Å². The van der Waals surface area contributed by atoms with E-state index in [1.807, 2.05) is 0 Å². The van der Waals surface area contributed by atoms with Gasteiger partial charge in [0.15, 0.2) is 0 Å². The van der Waals surface area contributed by atoms with Crippen molar-refractivity contribution in [2.45, 2.75) is 44.8 Å². The highest BCUT2D eigenvalue weighted by Crippen LogP contribution is 2.20. The number of aliphatic hydroxyl groups is 1. The Morgan fingerprint density at radius 1 is 1.45 bits per heavy atom. The fourth-order valence-corrected chi connectivity index (χ4v) is 2.60. The number of nitrogens with zero attached hydrogens (tertiary/aromatic N) is 2. The van der Waals surface area contributed by atoms with Crippen molar-refractivity contribution in [3.63, 3.8) is 0 Å². The lowest BCUT2D eigenvalue weighted by molar-refractivity contribution is 0.0717. The molecular weight excluding hydrogens is 258 g/mol. The van der Waals surface area contributed by atoms with Gasteiger partial charge >= 0.3 is 0 Å². The molecule has 1 aliphatic carbocycles. The third-order valence-electron chi connectivity index (χ3n) is 3.82. The van der Waals surface area contributed by atoms with Crippen LogP contribution in [-0.2, 0) is 0 Å². The van der Waals surface area contributed by atoms with Crippen molar-refractivity contribution in [1.29, 1.82) is 0 Å². The molecule has 1 saturated carbocycles. The van der Waals surface area contributed by atoms with Crippen LogP contribution in [0.15, 0.2) is 16.8 Å². The van der Waals surface area contributed by atoms with Crippen molar-refractivity contribution in [3.8, 4) is 0 Å². The summed E-state index contributed by atoms with van der Waals surface area (Å²) in [4.78, 5) is 16.3. The topological polar surface area (TPSA) is 88.2 Å². The molecule has 2 unspecified atom stereocenters. The first kappa shape index (κ1) is 13.1. The Morgan fingerprint density at radius 2 is 2.25 bits per heavy atom. The fourth-order valence-electron chi connectivity index (χ4n) is 2.60. The number of aryl methyl sites for hydroxylation is 1. The molecule has 6 nitrogen and oxygen atoms in total. The van der Waals surface area contributed by atoms with Crippen LogP contribution in [0.2, 0.25) is 0 Å². The molecule has 1 fully saturated rings. The van der Waals surface area contributed by atoms with Crippen LogP contribution in [0, 0.1) is 6.92 Å². The first-order chi connectivity index (χ1) is 9.65.